The molecule has 0 aliphatic carbocycles. The highest BCUT2D eigenvalue weighted by molar-refractivity contribution is 5.35. The van der Waals surface area contributed by atoms with Gasteiger partial charge in [0, 0.05) is 31.4 Å². The molecule has 0 radical (unpaired) electrons. The summed E-state index contributed by atoms with van der Waals surface area (Å²) in [6, 6.07) is 1.92. The number of rotatable bonds is 9. The lowest BCUT2D eigenvalue weighted by Crippen LogP contribution is -2.30. The monoisotopic (exact) mass is 268 g/mol. The minimum absolute atomic E-state index is 0.0623. The molecule has 19 heavy (non-hydrogen) atoms. The molecule has 108 valence electrons. The zero-order valence-electron chi connectivity index (χ0n) is 11.8. The zero-order valence-corrected chi connectivity index (χ0v) is 11.8. The Morgan fingerprint density at radius 1 is 1.21 bits per heavy atom. The third-order valence-corrected chi connectivity index (χ3v) is 2.65. The summed E-state index contributed by atoms with van der Waals surface area (Å²) in [6.45, 7) is 6.60. The lowest BCUT2D eigenvalue weighted by atomic mass is 10.3. The third-order valence-electron chi connectivity index (χ3n) is 2.65. The van der Waals surface area contributed by atoms with Gasteiger partial charge in [-0.05, 0) is 13.3 Å². The van der Waals surface area contributed by atoms with Crippen molar-refractivity contribution >= 4 is 5.82 Å². The summed E-state index contributed by atoms with van der Waals surface area (Å²) in [5.41, 5.74) is 0.913. The molecule has 6 nitrogen and oxygen atoms in total. The van der Waals surface area contributed by atoms with Gasteiger partial charge in [0.15, 0.2) is 0 Å². The van der Waals surface area contributed by atoms with Gasteiger partial charge in [-0.15, -0.1) is 0 Å². The highest BCUT2D eigenvalue weighted by atomic mass is 16.3. The van der Waals surface area contributed by atoms with E-state index in [9.17, 15) is 0 Å². The van der Waals surface area contributed by atoms with Gasteiger partial charge in [0.25, 0.3) is 0 Å². The van der Waals surface area contributed by atoms with Crippen LogP contribution in [0.4, 0.5) is 5.82 Å². The molecular weight excluding hydrogens is 244 g/mol. The van der Waals surface area contributed by atoms with Gasteiger partial charge in [0.05, 0.1) is 19.8 Å². The fraction of sp³-hybridized carbons (Fsp3) is 0.692. The van der Waals surface area contributed by atoms with E-state index in [0.717, 1.165) is 24.5 Å². The SMILES string of the molecule is CCCNc1cc(C)nc(CN(CCO)CCO)n1. The molecule has 1 aromatic rings. The van der Waals surface area contributed by atoms with Crippen LogP contribution in [-0.2, 0) is 6.54 Å². The molecule has 1 heterocycles. The van der Waals surface area contributed by atoms with Gasteiger partial charge in [-0.3, -0.25) is 4.90 Å². The summed E-state index contributed by atoms with van der Waals surface area (Å²) in [5.74, 6) is 1.54. The minimum Gasteiger partial charge on any atom is -0.395 e. The fourth-order valence-electron chi connectivity index (χ4n) is 1.80. The minimum atomic E-state index is 0.0623. The van der Waals surface area contributed by atoms with Crippen molar-refractivity contribution in [3.8, 4) is 0 Å². The average molecular weight is 268 g/mol. The van der Waals surface area contributed by atoms with Gasteiger partial charge in [0.1, 0.15) is 11.6 Å². The molecular formula is C13H24N4O2. The highest BCUT2D eigenvalue weighted by Crippen LogP contribution is 2.08. The van der Waals surface area contributed by atoms with Crippen molar-refractivity contribution in [2.45, 2.75) is 26.8 Å². The van der Waals surface area contributed by atoms with Crippen LogP contribution in [-0.4, -0.2) is 57.9 Å². The molecule has 0 spiro atoms. The first kappa shape index (κ1) is 15.8. The standard InChI is InChI=1S/C13H24N4O2/c1-3-4-14-12-9-11(2)15-13(16-12)10-17(5-7-18)6-8-19/h9,18-19H,3-8,10H2,1-2H3,(H,14,15,16). The molecule has 0 bridgehead atoms. The molecule has 1 aromatic heterocycles. The van der Waals surface area contributed by atoms with E-state index in [1.54, 1.807) is 0 Å². The van der Waals surface area contributed by atoms with Crippen molar-refractivity contribution in [3.63, 3.8) is 0 Å². The van der Waals surface area contributed by atoms with E-state index in [0.29, 0.717) is 25.5 Å². The molecule has 6 heteroatoms. The van der Waals surface area contributed by atoms with E-state index < -0.39 is 0 Å². The first-order chi connectivity index (χ1) is 9.19. The number of hydrogen-bond acceptors (Lipinski definition) is 6. The zero-order chi connectivity index (χ0) is 14.1. The highest BCUT2D eigenvalue weighted by Gasteiger charge is 2.08. The van der Waals surface area contributed by atoms with E-state index in [1.807, 2.05) is 17.9 Å². The summed E-state index contributed by atoms with van der Waals surface area (Å²) >= 11 is 0. The number of aromatic nitrogens is 2. The lowest BCUT2D eigenvalue weighted by molar-refractivity contribution is 0.153. The van der Waals surface area contributed by atoms with Crippen LogP contribution in [0.2, 0.25) is 0 Å². The normalized spacial score (nSPS) is 11.0. The van der Waals surface area contributed by atoms with Gasteiger partial charge in [-0.1, -0.05) is 6.92 Å². The third kappa shape index (κ3) is 5.96. The second-order valence-corrected chi connectivity index (χ2v) is 4.46. The summed E-state index contributed by atoms with van der Waals surface area (Å²) in [7, 11) is 0. The van der Waals surface area contributed by atoms with Crippen LogP contribution < -0.4 is 5.32 Å². The molecule has 0 aromatic carbocycles. The number of aliphatic hydroxyl groups is 2. The second-order valence-electron chi connectivity index (χ2n) is 4.46. The van der Waals surface area contributed by atoms with E-state index in [2.05, 4.69) is 22.2 Å². The van der Waals surface area contributed by atoms with Crippen LogP contribution in [0, 0.1) is 6.92 Å². The van der Waals surface area contributed by atoms with E-state index >= 15 is 0 Å². The first-order valence-electron chi connectivity index (χ1n) is 6.72. The van der Waals surface area contributed by atoms with Crippen LogP contribution >= 0.6 is 0 Å². The average Bonchev–Trinajstić information content (AvgIpc) is 2.36. The molecule has 0 aliphatic heterocycles. The molecule has 0 unspecified atom stereocenters. The largest absolute Gasteiger partial charge is 0.395 e. The second kappa shape index (κ2) is 8.79. The molecule has 3 N–H and O–H groups in total. The quantitative estimate of drug-likeness (QED) is 0.601. The molecule has 0 fully saturated rings. The Morgan fingerprint density at radius 2 is 1.89 bits per heavy atom. The number of nitrogens with zero attached hydrogens (tertiary/aromatic N) is 3. The maximum absolute atomic E-state index is 8.99. The van der Waals surface area contributed by atoms with Gasteiger partial charge in [-0.25, -0.2) is 9.97 Å². The molecule has 0 amide bonds. The number of aryl methyl sites for hydroxylation is 1. The Kier molecular flexibility index (Phi) is 7.32. The number of anilines is 1. The van der Waals surface area contributed by atoms with Crippen LogP contribution in [0.15, 0.2) is 6.07 Å². The van der Waals surface area contributed by atoms with Gasteiger partial charge in [-0.2, -0.15) is 0 Å². The smallest absolute Gasteiger partial charge is 0.144 e. The predicted octanol–water partition coefficient (Wildman–Crippen LogP) is 0.394. The topological polar surface area (TPSA) is 81.5 Å². The Bertz CT molecular complexity index is 368. The van der Waals surface area contributed by atoms with Crippen LogP contribution in [0.1, 0.15) is 24.9 Å². The fourth-order valence-corrected chi connectivity index (χ4v) is 1.80. The predicted molar refractivity (Wildman–Crippen MR) is 75.0 cm³/mol. The Labute approximate surface area is 114 Å². The van der Waals surface area contributed by atoms with Crippen LogP contribution in [0.3, 0.4) is 0 Å². The molecule has 1 rings (SSSR count). The van der Waals surface area contributed by atoms with E-state index in [-0.39, 0.29) is 13.2 Å². The van der Waals surface area contributed by atoms with Gasteiger partial charge in [0.2, 0.25) is 0 Å². The van der Waals surface area contributed by atoms with Crippen molar-refractivity contribution in [1.82, 2.24) is 14.9 Å². The van der Waals surface area contributed by atoms with Crippen molar-refractivity contribution in [1.29, 1.82) is 0 Å². The summed E-state index contributed by atoms with van der Waals surface area (Å²) in [4.78, 5) is 10.8. The number of nitrogens with one attached hydrogen (secondary N) is 1. The Balaban J connectivity index is 2.72. The van der Waals surface area contributed by atoms with Gasteiger partial charge < -0.3 is 15.5 Å². The molecule has 0 aliphatic rings. The Morgan fingerprint density at radius 3 is 2.47 bits per heavy atom. The molecule has 0 saturated heterocycles. The summed E-state index contributed by atoms with van der Waals surface area (Å²) in [5, 5.41) is 21.2. The van der Waals surface area contributed by atoms with Crippen LogP contribution in [0.5, 0.6) is 0 Å². The molecule has 0 atom stereocenters. The van der Waals surface area contributed by atoms with Gasteiger partial charge >= 0.3 is 0 Å². The van der Waals surface area contributed by atoms with Crippen molar-refractivity contribution in [2.75, 3.05) is 38.2 Å². The van der Waals surface area contributed by atoms with Crippen molar-refractivity contribution < 1.29 is 10.2 Å². The number of hydrogen-bond donors (Lipinski definition) is 3. The van der Waals surface area contributed by atoms with Crippen LogP contribution in [0.25, 0.3) is 0 Å². The van der Waals surface area contributed by atoms with E-state index in [4.69, 9.17) is 10.2 Å². The summed E-state index contributed by atoms with van der Waals surface area (Å²) in [6.07, 6.45) is 1.04. The van der Waals surface area contributed by atoms with Crippen molar-refractivity contribution in [2.24, 2.45) is 0 Å². The van der Waals surface area contributed by atoms with E-state index in [1.165, 1.54) is 0 Å². The first-order valence-corrected chi connectivity index (χ1v) is 6.72. The number of aliphatic hydroxyl groups excluding tert-OH is 2. The molecule has 0 saturated carbocycles. The lowest BCUT2D eigenvalue weighted by Gasteiger charge is -2.19. The summed E-state index contributed by atoms with van der Waals surface area (Å²) < 4.78 is 0. The Hall–Kier alpha value is -1.24. The van der Waals surface area contributed by atoms with Crippen molar-refractivity contribution in [3.05, 3.63) is 17.6 Å². The maximum atomic E-state index is 8.99. The maximum Gasteiger partial charge on any atom is 0.144 e.